The summed E-state index contributed by atoms with van der Waals surface area (Å²) in [6.07, 6.45) is 0. The van der Waals surface area contributed by atoms with Crippen LogP contribution in [0.15, 0.2) is 0 Å². The van der Waals surface area contributed by atoms with Crippen LogP contribution in [0.5, 0.6) is 0 Å². The molecule has 0 spiro atoms. The van der Waals surface area contributed by atoms with Crippen LogP contribution in [0.2, 0.25) is 0 Å². The van der Waals surface area contributed by atoms with Gasteiger partial charge in [-0.15, -0.1) is 0 Å². The van der Waals surface area contributed by atoms with E-state index >= 15 is 0 Å². The smallest absolute Gasteiger partial charge is 0.356 e. The second kappa shape index (κ2) is 29.8. The molecule has 0 aromatic carbocycles. The summed E-state index contributed by atoms with van der Waals surface area (Å²) in [4.78, 5) is 33.0. The van der Waals surface area contributed by atoms with Gasteiger partial charge in [0, 0.05) is 0 Å². The van der Waals surface area contributed by atoms with E-state index in [0.717, 1.165) is 0 Å². The Morgan fingerprint density at radius 1 is 0.444 bits per heavy atom. The summed E-state index contributed by atoms with van der Waals surface area (Å²) in [5.74, 6) is 0. The van der Waals surface area contributed by atoms with E-state index in [1.54, 1.807) is 0 Å². The monoisotopic (exact) mass is 356 g/mol. The molecular formula is GaKN4O12. The Hall–Kier alpha value is -0.927. The number of hydrogen-bond donors (Lipinski definition) is 0. The predicted octanol–water partition coefficient (Wildman–Crippen LogP) is -4.33. The van der Waals surface area contributed by atoms with Crippen molar-refractivity contribution in [2.24, 2.45) is 0 Å². The Bertz CT molecular complexity index is 164. The quantitative estimate of drug-likeness (QED) is 0.226. The second-order valence-corrected chi connectivity index (χ2v) is 0.894. The van der Waals surface area contributed by atoms with E-state index in [2.05, 4.69) is 0 Å². The first kappa shape index (κ1) is 36.0. The van der Waals surface area contributed by atoms with E-state index < -0.39 is 20.3 Å². The van der Waals surface area contributed by atoms with Gasteiger partial charge in [-0.25, -0.2) is 0 Å². The summed E-state index contributed by atoms with van der Waals surface area (Å²) in [5, 5.41) is 59.0. The van der Waals surface area contributed by atoms with Crippen LogP contribution < -0.4 is 51.4 Å². The molecule has 0 amide bonds. The molecule has 0 heterocycles. The maximum absolute atomic E-state index is 8.25. The van der Waals surface area contributed by atoms with Crippen LogP contribution in [0, 0.1) is 61.3 Å². The van der Waals surface area contributed by atoms with Crippen molar-refractivity contribution >= 4 is 19.8 Å². The average Bonchev–Trinajstić information content (AvgIpc) is 1.76. The molecule has 0 aromatic heterocycles. The van der Waals surface area contributed by atoms with Crippen molar-refractivity contribution in [3.63, 3.8) is 0 Å². The fourth-order valence-corrected chi connectivity index (χ4v) is 0. The molecule has 0 fully saturated rings. The third kappa shape index (κ3) is 3470. The molecular weight excluding hydrogens is 357 g/mol. The molecule has 0 atom stereocenters. The van der Waals surface area contributed by atoms with Crippen LogP contribution >= 0.6 is 0 Å². The molecule has 16 nitrogen and oxygen atoms in total. The Morgan fingerprint density at radius 3 is 0.444 bits per heavy atom. The molecule has 0 aliphatic carbocycles. The summed E-state index contributed by atoms with van der Waals surface area (Å²) in [5.41, 5.74) is 0. The summed E-state index contributed by atoms with van der Waals surface area (Å²) < 4.78 is 0. The molecule has 0 saturated heterocycles. The van der Waals surface area contributed by atoms with E-state index in [4.69, 9.17) is 61.3 Å². The molecule has 18 heteroatoms. The van der Waals surface area contributed by atoms with E-state index in [1.165, 1.54) is 0 Å². The van der Waals surface area contributed by atoms with Crippen molar-refractivity contribution in [3.05, 3.63) is 61.3 Å². The minimum Gasteiger partial charge on any atom is -0.356 e. The van der Waals surface area contributed by atoms with Gasteiger partial charge < -0.3 is 61.3 Å². The zero-order valence-corrected chi connectivity index (χ0v) is 13.8. The van der Waals surface area contributed by atoms with Crippen molar-refractivity contribution < 1.29 is 71.7 Å². The molecule has 96 valence electrons. The Morgan fingerprint density at radius 2 is 0.444 bits per heavy atom. The SMILES string of the molecule is O=[N+]([O-])[O-].O=[N+]([O-])[O-].O=[N+]([O-])[O-].O=[N+]([O-])[O-].[Ga+3].[K+]. The van der Waals surface area contributed by atoms with E-state index in [0.29, 0.717) is 0 Å². The van der Waals surface area contributed by atoms with Crippen LogP contribution in [-0.4, -0.2) is 40.1 Å². The van der Waals surface area contributed by atoms with Crippen molar-refractivity contribution in [3.8, 4) is 0 Å². The minimum atomic E-state index is -1.75. The van der Waals surface area contributed by atoms with Gasteiger partial charge in [-0.05, 0) is 0 Å². The fraction of sp³-hybridized carbons (Fsp3) is 0. The summed E-state index contributed by atoms with van der Waals surface area (Å²) in [6, 6.07) is 0. The van der Waals surface area contributed by atoms with Crippen molar-refractivity contribution in [2.75, 3.05) is 0 Å². The van der Waals surface area contributed by atoms with Gasteiger partial charge in [0.25, 0.3) is 0 Å². The van der Waals surface area contributed by atoms with E-state index in [1.807, 2.05) is 0 Å². The number of nitrogens with zero attached hydrogens (tertiary/aromatic N) is 4. The standard InChI is InChI=1S/Ga.K.4NO3/c;;4*2-1(3)4/q+3;+1;4*-1. The van der Waals surface area contributed by atoms with Gasteiger partial charge in [-0.3, -0.25) is 0 Å². The third-order valence-corrected chi connectivity index (χ3v) is 0. The normalized spacial score (nSPS) is 5.33. The first-order chi connectivity index (χ1) is 6.93. The number of rotatable bonds is 0. The summed E-state index contributed by atoms with van der Waals surface area (Å²) in [6.45, 7) is 0. The topological polar surface area (TPSA) is 265 Å². The largest absolute Gasteiger partial charge is 3.00 e. The molecule has 0 unspecified atom stereocenters. The van der Waals surface area contributed by atoms with Crippen LogP contribution in [0.1, 0.15) is 0 Å². The van der Waals surface area contributed by atoms with Crippen molar-refractivity contribution in [1.82, 2.24) is 0 Å². The van der Waals surface area contributed by atoms with Gasteiger partial charge in [0.1, 0.15) is 0 Å². The second-order valence-electron chi connectivity index (χ2n) is 0.894. The van der Waals surface area contributed by atoms with Crippen LogP contribution in [0.3, 0.4) is 0 Å². The minimum absolute atomic E-state index is 0. The molecule has 0 N–H and O–H groups in total. The third-order valence-electron chi connectivity index (χ3n) is 0. The van der Waals surface area contributed by atoms with E-state index in [9.17, 15) is 0 Å². The van der Waals surface area contributed by atoms with Gasteiger partial charge in [0.2, 0.25) is 0 Å². The van der Waals surface area contributed by atoms with E-state index in [-0.39, 0.29) is 71.2 Å². The van der Waals surface area contributed by atoms with Crippen LogP contribution in [-0.2, 0) is 0 Å². The Kier molecular flexibility index (Phi) is 59.5. The van der Waals surface area contributed by atoms with Gasteiger partial charge in [-0.2, -0.15) is 0 Å². The molecule has 0 aliphatic rings. The average molecular weight is 357 g/mol. The summed E-state index contributed by atoms with van der Waals surface area (Å²) >= 11 is 0. The number of hydrogen-bond acceptors (Lipinski definition) is 12. The van der Waals surface area contributed by atoms with Crippen LogP contribution in [0.4, 0.5) is 0 Å². The van der Waals surface area contributed by atoms with Gasteiger partial charge in [0.15, 0.2) is 0 Å². The fourth-order valence-electron chi connectivity index (χ4n) is 0. The molecule has 0 aromatic rings. The molecule has 0 rings (SSSR count). The molecule has 0 aliphatic heterocycles. The Balaban J connectivity index is -0.0000000257. The van der Waals surface area contributed by atoms with Crippen LogP contribution in [0.25, 0.3) is 0 Å². The summed E-state index contributed by atoms with van der Waals surface area (Å²) in [7, 11) is 0. The van der Waals surface area contributed by atoms with Gasteiger partial charge in [0.05, 0.1) is 20.3 Å². The maximum Gasteiger partial charge on any atom is 3.00 e. The maximum atomic E-state index is 8.25. The first-order valence-corrected chi connectivity index (χ1v) is 2.19. The zero-order chi connectivity index (χ0) is 14.3. The Labute approximate surface area is 151 Å². The van der Waals surface area contributed by atoms with Gasteiger partial charge >= 0.3 is 71.2 Å². The van der Waals surface area contributed by atoms with Crippen molar-refractivity contribution in [2.45, 2.75) is 0 Å². The van der Waals surface area contributed by atoms with Gasteiger partial charge in [-0.1, -0.05) is 0 Å². The predicted molar refractivity (Wildman–Crippen MR) is 47.2 cm³/mol. The van der Waals surface area contributed by atoms with Crippen molar-refractivity contribution in [1.29, 1.82) is 0 Å². The molecule has 0 saturated carbocycles. The zero-order valence-electron chi connectivity index (χ0n) is 8.27. The first-order valence-electron chi connectivity index (χ1n) is 2.19. The molecule has 0 radical (unpaired) electrons. The molecule has 0 bridgehead atoms. The molecule has 18 heavy (non-hydrogen) atoms.